The second-order valence-corrected chi connectivity index (χ2v) is 4.31. The summed E-state index contributed by atoms with van der Waals surface area (Å²) < 4.78 is 10.5. The number of furan rings is 1. The van der Waals surface area contributed by atoms with Gasteiger partial charge in [0, 0.05) is 11.5 Å². The molecule has 0 aliphatic rings. The first-order valence-corrected chi connectivity index (χ1v) is 5.88. The number of rotatable bonds is 2. The number of carbonyl (C=O) groups excluding carboxylic acids is 1. The van der Waals surface area contributed by atoms with E-state index in [4.69, 9.17) is 8.94 Å². The molecule has 0 bridgehead atoms. The van der Waals surface area contributed by atoms with Crippen LogP contribution in [0.2, 0.25) is 0 Å². The summed E-state index contributed by atoms with van der Waals surface area (Å²) in [4.78, 5) is 12.3. The molecule has 2 aromatic heterocycles. The van der Waals surface area contributed by atoms with E-state index in [2.05, 4.69) is 10.5 Å². The van der Waals surface area contributed by atoms with E-state index in [9.17, 15) is 4.79 Å². The maximum absolute atomic E-state index is 12.3. The smallest absolute Gasteiger partial charge is 0.261 e. The van der Waals surface area contributed by atoms with Gasteiger partial charge in [-0.25, -0.2) is 0 Å². The molecule has 5 nitrogen and oxygen atoms in total. The average molecular weight is 256 g/mol. The zero-order chi connectivity index (χ0) is 13.4. The third-order valence-electron chi connectivity index (χ3n) is 2.87. The third-order valence-corrected chi connectivity index (χ3v) is 2.87. The summed E-state index contributed by atoms with van der Waals surface area (Å²) in [7, 11) is 0. The van der Waals surface area contributed by atoms with Gasteiger partial charge in [-0.2, -0.15) is 0 Å². The molecule has 0 fully saturated rings. The lowest BCUT2D eigenvalue weighted by Crippen LogP contribution is -2.12. The van der Waals surface area contributed by atoms with Gasteiger partial charge in [0.1, 0.15) is 17.1 Å². The highest BCUT2D eigenvalue weighted by Crippen LogP contribution is 2.25. The molecule has 1 aromatic carbocycles. The lowest BCUT2D eigenvalue weighted by Gasteiger charge is -1.99. The molecule has 2 heterocycles. The summed E-state index contributed by atoms with van der Waals surface area (Å²) in [6, 6.07) is 9.09. The van der Waals surface area contributed by atoms with Crippen molar-refractivity contribution < 1.29 is 13.7 Å². The molecule has 19 heavy (non-hydrogen) atoms. The maximum Gasteiger partial charge on any atom is 0.261 e. The number of fused-ring (bicyclic) bond motifs is 1. The van der Waals surface area contributed by atoms with Gasteiger partial charge in [-0.3, -0.25) is 4.79 Å². The fourth-order valence-corrected chi connectivity index (χ4v) is 2.05. The highest BCUT2D eigenvalue weighted by molar-refractivity contribution is 6.12. The van der Waals surface area contributed by atoms with E-state index in [0.29, 0.717) is 28.5 Å². The molecule has 0 saturated heterocycles. The number of nitrogens with one attached hydrogen (secondary N) is 1. The lowest BCUT2D eigenvalue weighted by atomic mass is 10.1. The number of aryl methyl sites for hydroxylation is 2. The molecule has 0 spiro atoms. The summed E-state index contributed by atoms with van der Waals surface area (Å²) in [5, 5.41) is 7.22. The standard InChI is InChI=1S/C14H12N2O3/c1-8-7-12(16-19-8)15-14(17)13-9(2)18-11-6-4-3-5-10(11)13/h3-7H,1-2H3,(H,15,16,17). The van der Waals surface area contributed by atoms with Crippen LogP contribution < -0.4 is 5.32 Å². The average Bonchev–Trinajstić information content (AvgIpc) is 2.91. The molecule has 0 atom stereocenters. The summed E-state index contributed by atoms with van der Waals surface area (Å²) in [5.41, 5.74) is 1.22. The Hall–Kier alpha value is -2.56. The Morgan fingerprint density at radius 3 is 2.79 bits per heavy atom. The molecule has 3 aromatic rings. The summed E-state index contributed by atoms with van der Waals surface area (Å²) in [6.07, 6.45) is 0. The van der Waals surface area contributed by atoms with Crippen LogP contribution in [0.25, 0.3) is 11.0 Å². The van der Waals surface area contributed by atoms with Gasteiger partial charge in [-0.05, 0) is 19.9 Å². The van der Waals surface area contributed by atoms with E-state index < -0.39 is 0 Å². The van der Waals surface area contributed by atoms with E-state index >= 15 is 0 Å². The molecule has 1 amide bonds. The monoisotopic (exact) mass is 256 g/mol. The minimum Gasteiger partial charge on any atom is -0.461 e. The van der Waals surface area contributed by atoms with Crippen molar-refractivity contribution >= 4 is 22.7 Å². The van der Waals surface area contributed by atoms with E-state index in [0.717, 1.165) is 5.39 Å². The van der Waals surface area contributed by atoms with Gasteiger partial charge < -0.3 is 14.3 Å². The van der Waals surface area contributed by atoms with Crippen LogP contribution in [0.4, 0.5) is 5.82 Å². The molecule has 1 N–H and O–H groups in total. The van der Waals surface area contributed by atoms with Crippen molar-refractivity contribution in [1.29, 1.82) is 0 Å². The van der Waals surface area contributed by atoms with Gasteiger partial charge >= 0.3 is 0 Å². The third kappa shape index (κ3) is 1.99. The molecule has 0 saturated carbocycles. The highest BCUT2D eigenvalue weighted by atomic mass is 16.5. The minimum atomic E-state index is -0.254. The molecule has 0 aliphatic heterocycles. The zero-order valence-electron chi connectivity index (χ0n) is 10.6. The Kier molecular flexibility index (Phi) is 2.59. The van der Waals surface area contributed by atoms with Crippen molar-refractivity contribution in [2.75, 3.05) is 5.32 Å². The number of amides is 1. The van der Waals surface area contributed by atoms with E-state index in [1.807, 2.05) is 24.3 Å². The van der Waals surface area contributed by atoms with E-state index in [1.165, 1.54) is 0 Å². The normalized spacial score (nSPS) is 10.8. The van der Waals surface area contributed by atoms with E-state index in [1.54, 1.807) is 19.9 Å². The molecular formula is C14H12N2O3. The number of benzene rings is 1. The quantitative estimate of drug-likeness (QED) is 0.763. The predicted molar refractivity (Wildman–Crippen MR) is 70.1 cm³/mol. The van der Waals surface area contributed by atoms with E-state index in [-0.39, 0.29) is 5.91 Å². The predicted octanol–water partition coefficient (Wildman–Crippen LogP) is 3.29. The molecule has 5 heteroatoms. The van der Waals surface area contributed by atoms with Gasteiger partial charge in [-0.1, -0.05) is 23.4 Å². The number of anilines is 1. The minimum absolute atomic E-state index is 0.254. The highest BCUT2D eigenvalue weighted by Gasteiger charge is 2.18. The molecular weight excluding hydrogens is 244 g/mol. The van der Waals surface area contributed by atoms with Crippen molar-refractivity contribution in [3.8, 4) is 0 Å². The van der Waals surface area contributed by atoms with Crippen LogP contribution in [0.15, 0.2) is 39.3 Å². The Morgan fingerprint density at radius 1 is 1.26 bits per heavy atom. The SMILES string of the molecule is Cc1cc(NC(=O)c2c(C)oc3ccccc23)no1. The van der Waals surface area contributed by atoms with Crippen LogP contribution in [0, 0.1) is 13.8 Å². The second kappa shape index (κ2) is 4.28. The van der Waals surface area contributed by atoms with Crippen LogP contribution in [0.5, 0.6) is 0 Å². The fraction of sp³-hybridized carbons (Fsp3) is 0.143. The largest absolute Gasteiger partial charge is 0.461 e. The molecule has 96 valence electrons. The number of para-hydroxylation sites is 1. The molecule has 0 unspecified atom stereocenters. The van der Waals surface area contributed by atoms with Crippen molar-refractivity contribution in [1.82, 2.24) is 5.16 Å². The van der Waals surface area contributed by atoms with Crippen molar-refractivity contribution in [2.45, 2.75) is 13.8 Å². The summed E-state index contributed by atoms with van der Waals surface area (Å²) in [5.74, 6) is 1.37. The number of hydrogen-bond donors (Lipinski definition) is 1. The Morgan fingerprint density at radius 2 is 2.05 bits per heavy atom. The van der Waals surface area contributed by atoms with Crippen molar-refractivity contribution in [2.24, 2.45) is 0 Å². The molecule has 0 aliphatic carbocycles. The zero-order valence-corrected chi connectivity index (χ0v) is 10.6. The Balaban J connectivity index is 1.99. The fourth-order valence-electron chi connectivity index (χ4n) is 2.05. The van der Waals surface area contributed by atoms with Crippen LogP contribution in [0.1, 0.15) is 21.9 Å². The van der Waals surface area contributed by atoms with Crippen LogP contribution in [-0.2, 0) is 0 Å². The Bertz CT molecular complexity index is 755. The second-order valence-electron chi connectivity index (χ2n) is 4.31. The van der Waals surface area contributed by atoms with Crippen molar-refractivity contribution in [3.05, 3.63) is 47.4 Å². The Labute approximate surface area is 109 Å². The van der Waals surface area contributed by atoms with Crippen molar-refractivity contribution in [3.63, 3.8) is 0 Å². The van der Waals surface area contributed by atoms with Gasteiger partial charge in [0.15, 0.2) is 5.82 Å². The molecule has 3 rings (SSSR count). The lowest BCUT2D eigenvalue weighted by molar-refractivity contribution is 0.102. The topological polar surface area (TPSA) is 68.3 Å². The maximum atomic E-state index is 12.3. The van der Waals surface area contributed by atoms with Crippen LogP contribution in [0.3, 0.4) is 0 Å². The van der Waals surface area contributed by atoms with Gasteiger partial charge in [0.25, 0.3) is 5.91 Å². The summed E-state index contributed by atoms with van der Waals surface area (Å²) >= 11 is 0. The van der Waals surface area contributed by atoms with Gasteiger partial charge in [0.2, 0.25) is 0 Å². The first-order chi connectivity index (χ1) is 9.15. The number of aromatic nitrogens is 1. The summed E-state index contributed by atoms with van der Waals surface area (Å²) in [6.45, 7) is 3.53. The number of nitrogens with zero attached hydrogens (tertiary/aromatic N) is 1. The van der Waals surface area contributed by atoms with Crippen LogP contribution >= 0.6 is 0 Å². The first kappa shape index (κ1) is 11.5. The van der Waals surface area contributed by atoms with Gasteiger partial charge in [0.05, 0.1) is 5.56 Å². The van der Waals surface area contributed by atoms with Gasteiger partial charge in [-0.15, -0.1) is 0 Å². The number of carbonyl (C=O) groups is 1. The first-order valence-electron chi connectivity index (χ1n) is 5.88. The van der Waals surface area contributed by atoms with Crippen LogP contribution in [-0.4, -0.2) is 11.1 Å². The molecule has 0 radical (unpaired) electrons. The number of hydrogen-bond acceptors (Lipinski definition) is 4.